The van der Waals surface area contributed by atoms with E-state index in [9.17, 15) is 0 Å². The summed E-state index contributed by atoms with van der Waals surface area (Å²) < 4.78 is 10.2. The van der Waals surface area contributed by atoms with Gasteiger partial charge in [0.15, 0.2) is 0 Å². The first-order valence-electron chi connectivity index (χ1n) is 8.58. The second-order valence-corrected chi connectivity index (χ2v) is 6.30. The van der Waals surface area contributed by atoms with Crippen LogP contribution in [0.5, 0.6) is 0 Å². The van der Waals surface area contributed by atoms with Gasteiger partial charge in [-0.05, 0) is 36.1 Å². The van der Waals surface area contributed by atoms with Gasteiger partial charge in [-0.1, -0.05) is 56.0 Å². The molecule has 0 fully saturated rings. The minimum absolute atomic E-state index is 0. The molecule has 4 rings (SSSR count). The molecule has 0 spiro atoms. The third kappa shape index (κ3) is 5.00. The van der Waals surface area contributed by atoms with E-state index in [1.165, 1.54) is 22.3 Å². The van der Waals surface area contributed by atoms with Crippen molar-refractivity contribution in [3.05, 3.63) is 70.8 Å². The molecule has 144 valence electrons. The van der Waals surface area contributed by atoms with Crippen LogP contribution >= 0.6 is 0 Å². The number of amidine groups is 2. The van der Waals surface area contributed by atoms with Crippen molar-refractivity contribution >= 4 is 12.0 Å². The van der Waals surface area contributed by atoms with E-state index in [-0.39, 0.29) is 19.5 Å². The molecular weight excluding hydrogens is 340 g/mol. The highest BCUT2D eigenvalue weighted by atomic mass is 16.5. The molecule has 6 nitrogen and oxygen atoms in total. The molecule has 0 saturated heterocycles. The summed E-state index contributed by atoms with van der Waals surface area (Å²) in [6, 6.07) is 17.1. The minimum Gasteiger partial charge on any atom is -0.463 e. The van der Waals surface area contributed by atoms with E-state index in [2.05, 4.69) is 48.1 Å². The van der Waals surface area contributed by atoms with Gasteiger partial charge in [0.2, 0.25) is 0 Å². The van der Waals surface area contributed by atoms with Crippen LogP contribution in [0, 0.1) is 13.8 Å². The van der Waals surface area contributed by atoms with Crippen molar-refractivity contribution in [2.24, 2.45) is 21.5 Å². The van der Waals surface area contributed by atoms with Crippen molar-refractivity contribution in [2.45, 2.75) is 33.4 Å². The third-order valence-electron chi connectivity index (χ3n) is 4.44. The van der Waals surface area contributed by atoms with Gasteiger partial charge >= 0.3 is 0 Å². The second-order valence-electron chi connectivity index (χ2n) is 6.30. The summed E-state index contributed by atoms with van der Waals surface area (Å²) in [5.41, 5.74) is 15.7. The number of benzene rings is 2. The highest BCUT2D eigenvalue weighted by Gasteiger charge is 2.20. The van der Waals surface area contributed by atoms with Gasteiger partial charge in [-0.25, -0.2) is 9.98 Å². The van der Waals surface area contributed by atoms with Crippen LogP contribution in [-0.2, 0) is 9.47 Å². The van der Waals surface area contributed by atoms with Gasteiger partial charge in [-0.3, -0.25) is 0 Å². The summed E-state index contributed by atoms with van der Waals surface area (Å²) in [6.45, 7) is 5.27. The largest absolute Gasteiger partial charge is 0.463 e. The Morgan fingerprint density at radius 2 is 1.11 bits per heavy atom. The Kier molecular flexibility index (Phi) is 6.82. The van der Waals surface area contributed by atoms with Crippen molar-refractivity contribution in [3.63, 3.8) is 0 Å². The van der Waals surface area contributed by atoms with E-state index < -0.39 is 0 Å². The molecule has 0 aliphatic carbocycles. The fourth-order valence-corrected chi connectivity index (χ4v) is 3.02. The van der Waals surface area contributed by atoms with Gasteiger partial charge < -0.3 is 20.9 Å². The summed E-state index contributed by atoms with van der Waals surface area (Å²) in [7, 11) is 0. The van der Waals surface area contributed by atoms with Crippen LogP contribution in [0.4, 0.5) is 0 Å². The van der Waals surface area contributed by atoms with Gasteiger partial charge in [-0.2, -0.15) is 0 Å². The molecule has 0 radical (unpaired) electrons. The molecule has 0 saturated carbocycles. The number of hydrogen-bond acceptors (Lipinski definition) is 6. The van der Waals surface area contributed by atoms with Gasteiger partial charge in [-0.15, -0.1) is 0 Å². The number of hydrogen-bond donors (Lipinski definition) is 2. The number of ether oxygens (including phenoxy) is 2. The normalized spacial score (nSPS) is 20.2. The van der Waals surface area contributed by atoms with Crippen LogP contribution in [-0.4, -0.2) is 25.3 Å². The molecule has 2 heterocycles. The molecule has 2 atom stereocenters. The molecule has 0 bridgehead atoms. The Bertz CT molecular complexity index is 763. The number of nitrogens with zero attached hydrogens (tertiary/aromatic N) is 2. The number of rotatable bonds is 2. The van der Waals surface area contributed by atoms with Gasteiger partial charge in [0.1, 0.15) is 25.3 Å². The van der Waals surface area contributed by atoms with E-state index in [1.54, 1.807) is 0 Å². The SMILES string of the molecule is C.Cc1ccccc1[C@@H]1COC(N)=N1.Cc1ccccc1[C@H]1COC(N)=N1. The zero-order valence-electron chi connectivity index (χ0n) is 15.1. The Hall–Kier alpha value is -3.02. The molecular formula is C21H28N4O2. The van der Waals surface area contributed by atoms with Crippen LogP contribution in [0.1, 0.15) is 41.8 Å². The predicted molar refractivity (Wildman–Crippen MR) is 110 cm³/mol. The van der Waals surface area contributed by atoms with Crippen molar-refractivity contribution < 1.29 is 9.47 Å². The van der Waals surface area contributed by atoms with Crippen molar-refractivity contribution in [3.8, 4) is 0 Å². The van der Waals surface area contributed by atoms with Crippen LogP contribution in [0.2, 0.25) is 0 Å². The smallest absolute Gasteiger partial charge is 0.282 e. The molecule has 27 heavy (non-hydrogen) atoms. The van der Waals surface area contributed by atoms with Crippen molar-refractivity contribution in [1.29, 1.82) is 0 Å². The summed E-state index contributed by atoms with van der Waals surface area (Å²) in [6.07, 6.45) is 0. The van der Waals surface area contributed by atoms with Crippen LogP contribution in [0.3, 0.4) is 0 Å². The Balaban J connectivity index is 0.000000187. The van der Waals surface area contributed by atoms with E-state index >= 15 is 0 Å². The highest BCUT2D eigenvalue weighted by molar-refractivity contribution is 5.73. The van der Waals surface area contributed by atoms with E-state index in [4.69, 9.17) is 20.9 Å². The first-order valence-corrected chi connectivity index (χ1v) is 8.58. The fourth-order valence-electron chi connectivity index (χ4n) is 3.02. The fraction of sp³-hybridized carbons (Fsp3) is 0.333. The molecule has 4 N–H and O–H groups in total. The molecule has 2 aromatic carbocycles. The molecule has 0 aromatic heterocycles. The lowest BCUT2D eigenvalue weighted by Crippen LogP contribution is -2.10. The minimum atomic E-state index is 0. The first-order chi connectivity index (χ1) is 12.5. The standard InChI is InChI=1S/2C10H12N2O.CH4/c2*1-7-4-2-3-5-8(7)9-6-13-10(11)12-9;/h2*2-5,9H,6H2,1H3,(H2,11,12);1H4/t2*9-;/m10./s1. The lowest BCUT2D eigenvalue weighted by Gasteiger charge is -2.07. The van der Waals surface area contributed by atoms with E-state index in [1.807, 2.05) is 24.3 Å². The topological polar surface area (TPSA) is 95.2 Å². The number of nitrogens with two attached hydrogens (primary N) is 2. The summed E-state index contributed by atoms with van der Waals surface area (Å²) >= 11 is 0. The number of aryl methyl sites for hydroxylation is 2. The van der Waals surface area contributed by atoms with Crippen LogP contribution in [0.25, 0.3) is 0 Å². The van der Waals surface area contributed by atoms with Gasteiger partial charge in [0, 0.05) is 0 Å². The molecule has 2 aromatic rings. The third-order valence-corrected chi connectivity index (χ3v) is 4.44. The zero-order valence-corrected chi connectivity index (χ0v) is 15.1. The number of aliphatic imine (C=N–C) groups is 2. The van der Waals surface area contributed by atoms with Gasteiger partial charge in [0.25, 0.3) is 12.0 Å². The molecule has 6 heteroatoms. The molecule has 0 amide bonds. The first kappa shape index (κ1) is 20.3. The molecule has 2 aliphatic rings. The molecule has 2 aliphatic heterocycles. The van der Waals surface area contributed by atoms with Crippen molar-refractivity contribution in [2.75, 3.05) is 13.2 Å². The van der Waals surface area contributed by atoms with Crippen molar-refractivity contribution in [1.82, 2.24) is 0 Å². The van der Waals surface area contributed by atoms with E-state index in [0.29, 0.717) is 25.3 Å². The van der Waals surface area contributed by atoms with Crippen LogP contribution in [0.15, 0.2) is 58.5 Å². The lowest BCUT2D eigenvalue weighted by molar-refractivity contribution is 0.314. The lowest BCUT2D eigenvalue weighted by atomic mass is 10.0. The highest BCUT2D eigenvalue weighted by Crippen LogP contribution is 2.25. The summed E-state index contributed by atoms with van der Waals surface area (Å²) in [4.78, 5) is 8.38. The maximum Gasteiger partial charge on any atom is 0.282 e. The Labute approximate surface area is 160 Å². The summed E-state index contributed by atoms with van der Waals surface area (Å²) in [5.74, 6) is 0. The summed E-state index contributed by atoms with van der Waals surface area (Å²) in [5, 5.41) is 0. The van der Waals surface area contributed by atoms with Crippen LogP contribution < -0.4 is 11.5 Å². The monoisotopic (exact) mass is 368 g/mol. The molecule has 0 unspecified atom stereocenters. The average molecular weight is 368 g/mol. The van der Waals surface area contributed by atoms with Gasteiger partial charge in [0.05, 0.1) is 0 Å². The predicted octanol–water partition coefficient (Wildman–Crippen LogP) is 3.40. The zero-order chi connectivity index (χ0) is 18.5. The maximum absolute atomic E-state index is 5.44. The quantitative estimate of drug-likeness (QED) is 0.849. The average Bonchev–Trinajstić information content (AvgIpc) is 3.25. The second kappa shape index (κ2) is 9.07. The van der Waals surface area contributed by atoms with E-state index in [0.717, 1.165) is 0 Å². The maximum atomic E-state index is 5.44. The Morgan fingerprint density at radius 3 is 1.41 bits per heavy atom. The Morgan fingerprint density at radius 1 is 0.741 bits per heavy atom.